The second-order valence-corrected chi connectivity index (χ2v) is 14.3. The van der Waals surface area contributed by atoms with Crippen LogP contribution in [-0.4, -0.2) is 23.3 Å². The van der Waals surface area contributed by atoms with Crippen molar-refractivity contribution in [2.24, 2.45) is 0 Å². The van der Waals surface area contributed by atoms with Crippen LogP contribution in [0.4, 0.5) is 0 Å². The first-order valence-electron chi connectivity index (χ1n) is 20.5. The average molecular weight is 623 g/mol. The first-order valence-corrected chi connectivity index (χ1v) is 20.5. The minimum atomic E-state index is -0.596. The summed E-state index contributed by atoms with van der Waals surface area (Å²) >= 11 is 0. The van der Waals surface area contributed by atoms with Crippen LogP contribution in [0, 0.1) is 0 Å². The van der Waals surface area contributed by atoms with Gasteiger partial charge in [-0.15, -0.1) is 0 Å². The van der Waals surface area contributed by atoms with E-state index >= 15 is 0 Å². The van der Waals surface area contributed by atoms with E-state index < -0.39 is 5.60 Å². The Labute approximate surface area is 277 Å². The molecular formula is C41H82O3. The molecule has 0 aromatic heterocycles. The van der Waals surface area contributed by atoms with Gasteiger partial charge in [-0.2, -0.15) is 0 Å². The highest BCUT2D eigenvalue weighted by Gasteiger charge is 2.25. The maximum atomic E-state index is 12.3. The molecule has 1 N–H and O–H groups in total. The van der Waals surface area contributed by atoms with Crippen molar-refractivity contribution in [3.8, 4) is 0 Å². The van der Waals surface area contributed by atoms with Crippen molar-refractivity contribution in [1.29, 1.82) is 0 Å². The number of hydrogen-bond acceptors (Lipinski definition) is 3. The van der Waals surface area contributed by atoms with Crippen LogP contribution < -0.4 is 0 Å². The van der Waals surface area contributed by atoms with Gasteiger partial charge in [0.25, 0.3) is 0 Å². The number of unbranched alkanes of at least 4 members (excludes halogenated alkanes) is 27. The molecule has 0 saturated carbocycles. The molecule has 0 rings (SSSR count). The molecule has 264 valence electrons. The molecule has 0 aromatic carbocycles. The molecule has 3 nitrogen and oxygen atoms in total. The van der Waals surface area contributed by atoms with Crippen LogP contribution >= 0.6 is 0 Å². The second kappa shape index (κ2) is 35.3. The van der Waals surface area contributed by atoms with Gasteiger partial charge < -0.3 is 9.84 Å². The predicted molar refractivity (Wildman–Crippen MR) is 195 cm³/mol. The van der Waals surface area contributed by atoms with Crippen LogP contribution in [0.1, 0.15) is 245 Å². The Kier molecular flexibility index (Phi) is 34.8. The number of rotatable bonds is 37. The van der Waals surface area contributed by atoms with Crippen LogP contribution in [-0.2, 0) is 9.53 Å². The summed E-state index contributed by atoms with van der Waals surface area (Å²) in [4.78, 5) is 12.3. The third-order valence-electron chi connectivity index (χ3n) is 9.78. The molecule has 0 heterocycles. The van der Waals surface area contributed by atoms with E-state index in [1.807, 2.05) is 0 Å². The van der Waals surface area contributed by atoms with Crippen molar-refractivity contribution in [2.45, 2.75) is 251 Å². The van der Waals surface area contributed by atoms with E-state index in [2.05, 4.69) is 20.8 Å². The molecule has 0 aliphatic carbocycles. The molecule has 0 saturated heterocycles. The summed E-state index contributed by atoms with van der Waals surface area (Å²) in [5.41, 5.74) is -0.596. The smallest absolute Gasteiger partial charge is 0.305 e. The summed E-state index contributed by atoms with van der Waals surface area (Å²) in [5, 5.41) is 11.5. The van der Waals surface area contributed by atoms with Crippen LogP contribution in [0.3, 0.4) is 0 Å². The molecule has 0 aliphatic heterocycles. The fourth-order valence-corrected chi connectivity index (χ4v) is 6.67. The van der Waals surface area contributed by atoms with E-state index in [1.54, 1.807) is 0 Å². The highest BCUT2D eigenvalue weighted by atomic mass is 16.5. The van der Waals surface area contributed by atoms with Crippen molar-refractivity contribution in [3.63, 3.8) is 0 Å². The van der Waals surface area contributed by atoms with Gasteiger partial charge >= 0.3 is 5.97 Å². The average Bonchev–Trinajstić information content (AvgIpc) is 3.01. The first-order chi connectivity index (χ1) is 21.6. The second-order valence-electron chi connectivity index (χ2n) is 14.3. The fourth-order valence-electron chi connectivity index (χ4n) is 6.67. The Hall–Kier alpha value is -0.570. The van der Waals surface area contributed by atoms with Gasteiger partial charge in [-0.3, -0.25) is 4.79 Å². The summed E-state index contributed by atoms with van der Waals surface area (Å²) in [6.45, 7) is 7.38. The topological polar surface area (TPSA) is 46.5 Å². The molecule has 0 spiro atoms. The van der Waals surface area contributed by atoms with Crippen molar-refractivity contribution in [3.05, 3.63) is 0 Å². The molecule has 0 aromatic rings. The number of aliphatic hydroxyl groups is 1. The van der Waals surface area contributed by atoms with Gasteiger partial charge in [0.2, 0.25) is 0 Å². The Morgan fingerprint density at radius 3 is 1.02 bits per heavy atom. The maximum Gasteiger partial charge on any atom is 0.305 e. The van der Waals surface area contributed by atoms with Gasteiger partial charge in [0.15, 0.2) is 0 Å². The lowest BCUT2D eigenvalue weighted by atomic mass is 9.85. The molecule has 44 heavy (non-hydrogen) atoms. The Morgan fingerprint density at radius 2 is 0.682 bits per heavy atom. The summed E-state index contributed by atoms with van der Waals surface area (Å²) < 4.78 is 5.54. The third-order valence-corrected chi connectivity index (χ3v) is 9.78. The van der Waals surface area contributed by atoms with Gasteiger partial charge in [0.1, 0.15) is 0 Å². The number of ether oxygens (including phenoxy) is 1. The van der Waals surface area contributed by atoms with Crippen LogP contribution in [0.5, 0.6) is 0 Å². The van der Waals surface area contributed by atoms with E-state index in [4.69, 9.17) is 4.74 Å². The largest absolute Gasteiger partial charge is 0.466 e. The van der Waals surface area contributed by atoms with Crippen molar-refractivity contribution in [1.82, 2.24) is 0 Å². The monoisotopic (exact) mass is 623 g/mol. The lowest BCUT2D eigenvalue weighted by molar-refractivity contribution is -0.144. The Balaban J connectivity index is 3.88. The van der Waals surface area contributed by atoms with E-state index in [0.717, 1.165) is 44.9 Å². The zero-order chi connectivity index (χ0) is 32.2. The lowest BCUT2D eigenvalue weighted by Crippen LogP contribution is -2.29. The van der Waals surface area contributed by atoms with E-state index in [0.29, 0.717) is 13.0 Å². The molecule has 1 unspecified atom stereocenters. The molecule has 0 fully saturated rings. The predicted octanol–water partition coefficient (Wildman–Crippen LogP) is 14.0. The SMILES string of the molecule is CCCCCCCCCCCCCCCCCOC(=O)CCCC(O)(CCCCCCC)CCCCCCCCCCCC. The van der Waals surface area contributed by atoms with Crippen molar-refractivity contribution >= 4 is 5.97 Å². The Bertz CT molecular complexity index is 562. The van der Waals surface area contributed by atoms with Crippen LogP contribution in [0.2, 0.25) is 0 Å². The van der Waals surface area contributed by atoms with Crippen molar-refractivity contribution in [2.75, 3.05) is 6.61 Å². The lowest BCUT2D eigenvalue weighted by Gasteiger charge is -2.28. The minimum Gasteiger partial charge on any atom is -0.466 e. The van der Waals surface area contributed by atoms with E-state index in [-0.39, 0.29) is 5.97 Å². The summed E-state index contributed by atoms with van der Waals surface area (Å²) in [7, 11) is 0. The zero-order valence-corrected chi connectivity index (χ0v) is 30.7. The maximum absolute atomic E-state index is 12.3. The summed E-state index contributed by atoms with van der Waals surface area (Å²) in [6.07, 6.45) is 43.3. The van der Waals surface area contributed by atoms with Gasteiger partial charge in [0.05, 0.1) is 12.2 Å². The number of esters is 1. The molecular weight excluding hydrogens is 540 g/mol. The fraction of sp³-hybridized carbons (Fsp3) is 0.976. The highest BCUT2D eigenvalue weighted by molar-refractivity contribution is 5.69. The molecule has 3 heteroatoms. The molecule has 0 bridgehead atoms. The molecule has 0 radical (unpaired) electrons. The summed E-state index contributed by atoms with van der Waals surface area (Å²) in [5.74, 6) is -0.0698. The first kappa shape index (κ1) is 43.4. The van der Waals surface area contributed by atoms with Crippen LogP contribution in [0.15, 0.2) is 0 Å². The van der Waals surface area contributed by atoms with E-state index in [9.17, 15) is 9.90 Å². The van der Waals surface area contributed by atoms with Gasteiger partial charge in [0, 0.05) is 6.42 Å². The molecule has 0 amide bonds. The normalized spacial score (nSPS) is 12.9. The molecule has 1 atom stereocenters. The van der Waals surface area contributed by atoms with Crippen LogP contribution in [0.25, 0.3) is 0 Å². The number of hydrogen-bond donors (Lipinski definition) is 1. The van der Waals surface area contributed by atoms with Gasteiger partial charge in [-0.05, 0) is 32.1 Å². The zero-order valence-electron chi connectivity index (χ0n) is 30.7. The minimum absolute atomic E-state index is 0.0698. The number of carbonyl (C=O) groups is 1. The van der Waals surface area contributed by atoms with Gasteiger partial charge in [-0.25, -0.2) is 0 Å². The standard InChI is InChI=1S/C41H82O3/c1-4-7-10-13-15-17-19-20-21-22-23-25-27-30-33-39-44-40(42)35-34-38-41(43,36-31-28-12-9-6-3)37-32-29-26-24-18-16-14-11-8-5-2/h43H,4-39H2,1-3H3. The Morgan fingerprint density at radius 1 is 0.409 bits per heavy atom. The number of carbonyl (C=O) groups excluding carboxylic acids is 1. The quantitative estimate of drug-likeness (QED) is 0.0554. The highest BCUT2D eigenvalue weighted by Crippen LogP contribution is 2.29. The van der Waals surface area contributed by atoms with Crippen molar-refractivity contribution < 1.29 is 14.6 Å². The molecule has 0 aliphatic rings. The third kappa shape index (κ3) is 32.8. The van der Waals surface area contributed by atoms with E-state index in [1.165, 1.54) is 173 Å². The summed E-state index contributed by atoms with van der Waals surface area (Å²) in [6, 6.07) is 0. The van der Waals surface area contributed by atoms with Gasteiger partial charge in [-0.1, -0.05) is 207 Å².